The van der Waals surface area contributed by atoms with Crippen molar-refractivity contribution in [1.29, 1.82) is 5.53 Å². The molecule has 0 spiro atoms. The van der Waals surface area contributed by atoms with Crippen LogP contribution in [0.25, 0.3) is 0 Å². The number of likely N-dealkylation sites (tertiary alicyclic amines) is 1. The molecule has 1 amide bonds. The topological polar surface area (TPSA) is 134 Å². The van der Waals surface area contributed by atoms with E-state index < -0.39 is 6.09 Å². The molecule has 1 saturated heterocycles. The van der Waals surface area contributed by atoms with Crippen molar-refractivity contribution in [3.8, 4) is 0 Å². The average Bonchev–Trinajstić information content (AvgIpc) is 2.58. The number of carbonyl (C=O) groups is 2. The van der Waals surface area contributed by atoms with E-state index in [1.54, 1.807) is 6.92 Å². The number of carboxylic acid groups (broad SMARTS) is 1. The zero-order valence-electron chi connectivity index (χ0n) is 13.5. The fourth-order valence-corrected chi connectivity index (χ4v) is 3.24. The molecule has 0 radical (unpaired) electrons. The number of carbonyl (C=O) groups excluding carboxylic acids is 1. The number of aryl methyl sites for hydroxylation is 1. The van der Waals surface area contributed by atoms with Crippen molar-refractivity contribution in [1.82, 2.24) is 19.8 Å². The second-order valence-electron chi connectivity index (χ2n) is 5.42. The quantitative estimate of drug-likeness (QED) is 0.274. The Balaban J connectivity index is 2.36. The van der Waals surface area contributed by atoms with E-state index in [4.69, 9.17) is 10.6 Å². The fourth-order valence-electron chi connectivity index (χ4n) is 2.82. The molecule has 0 aromatic carbocycles. The highest BCUT2D eigenvalue weighted by molar-refractivity contribution is 7.98. The van der Waals surface area contributed by atoms with Gasteiger partial charge in [-0.25, -0.2) is 14.8 Å². The second-order valence-corrected chi connectivity index (χ2v) is 6.20. The molecular formula is C14H19N6O3S+. The summed E-state index contributed by atoms with van der Waals surface area (Å²) in [5, 5.41) is 13.1. The highest BCUT2D eigenvalue weighted by Gasteiger charge is 2.29. The smallest absolute Gasteiger partial charge is 0.407 e. The average molecular weight is 351 g/mol. The minimum atomic E-state index is -0.927. The number of thioether (sulfide) groups is 1. The molecule has 128 valence electrons. The van der Waals surface area contributed by atoms with E-state index in [2.05, 4.69) is 20.0 Å². The van der Waals surface area contributed by atoms with Crippen LogP contribution in [-0.2, 0) is 0 Å². The first-order valence-corrected chi connectivity index (χ1v) is 8.67. The summed E-state index contributed by atoms with van der Waals surface area (Å²) in [6.07, 6.45) is 2.15. The van der Waals surface area contributed by atoms with Crippen LogP contribution in [-0.4, -0.2) is 57.7 Å². The van der Waals surface area contributed by atoms with E-state index in [1.165, 1.54) is 16.7 Å². The van der Waals surface area contributed by atoms with Crippen molar-refractivity contribution < 1.29 is 14.7 Å². The number of hydrogen-bond donors (Lipinski definition) is 2. The number of nitrogens with one attached hydrogen (secondary N) is 1. The van der Waals surface area contributed by atoms with Crippen molar-refractivity contribution in [2.75, 3.05) is 25.9 Å². The number of amides is 1. The molecule has 24 heavy (non-hydrogen) atoms. The molecule has 1 aliphatic rings. The molecule has 9 nitrogen and oxygen atoms in total. The lowest BCUT2D eigenvalue weighted by molar-refractivity contribution is 0.0994. The van der Waals surface area contributed by atoms with Gasteiger partial charge in [0.05, 0.1) is 17.0 Å². The highest BCUT2D eigenvalue weighted by Crippen LogP contribution is 2.31. The number of Topliss-reactive ketones (excluding diaryl/α,β-unsaturated/α-hetero) is 1. The SMILES string of the molecule is CSc1nc(C)c(C(=O)CN=[N+]=N)c(C2CCN(C(=O)O)CC2)n1. The molecule has 0 bridgehead atoms. The van der Waals surface area contributed by atoms with Crippen molar-refractivity contribution in [3.63, 3.8) is 0 Å². The van der Waals surface area contributed by atoms with Crippen molar-refractivity contribution in [2.45, 2.75) is 30.8 Å². The van der Waals surface area contributed by atoms with Crippen molar-refractivity contribution in [2.24, 2.45) is 5.11 Å². The maximum atomic E-state index is 12.4. The molecule has 2 heterocycles. The third kappa shape index (κ3) is 3.95. The lowest BCUT2D eigenvalue weighted by Crippen LogP contribution is -2.37. The van der Waals surface area contributed by atoms with Crippen LogP contribution in [0.15, 0.2) is 10.3 Å². The van der Waals surface area contributed by atoms with E-state index in [0.29, 0.717) is 48.0 Å². The minimum Gasteiger partial charge on any atom is -0.465 e. The zero-order valence-corrected chi connectivity index (χ0v) is 14.3. The van der Waals surface area contributed by atoms with Gasteiger partial charge in [-0.2, -0.15) is 0 Å². The minimum absolute atomic E-state index is 0.0000836. The molecule has 1 fully saturated rings. The summed E-state index contributed by atoms with van der Waals surface area (Å²) in [7, 11) is 0. The van der Waals surface area contributed by atoms with E-state index in [0.717, 1.165) is 0 Å². The van der Waals surface area contributed by atoms with Gasteiger partial charge in [0.2, 0.25) is 4.91 Å². The van der Waals surface area contributed by atoms with Gasteiger partial charge in [0.1, 0.15) is 10.6 Å². The molecule has 1 aromatic rings. The molecule has 0 aliphatic carbocycles. The molecule has 1 aliphatic heterocycles. The van der Waals surface area contributed by atoms with Gasteiger partial charge in [-0.1, -0.05) is 11.8 Å². The Morgan fingerprint density at radius 1 is 1.42 bits per heavy atom. The number of piperidine rings is 1. The highest BCUT2D eigenvalue weighted by atomic mass is 32.2. The summed E-state index contributed by atoms with van der Waals surface area (Å²) < 4.78 is 0. The first-order valence-electron chi connectivity index (χ1n) is 7.44. The van der Waals surface area contributed by atoms with Gasteiger partial charge < -0.3 is 10.0 Å². The predicted octanol–water partition coefficient (Wildman–Crippen LogP) is 2.10. The predicted molar refractivity (Wildman–Crippen MR) is 86.6 cm³/mol. The number of aromatic nitrogens is 2. The number of hydrogen-bond acceptors (Lipinski definition) is 7. The van der Waals surface area contributed by atoms with Crippen LogP contribution in [0.4, 0.5) is 4.79 Å². The summed E-state index contributed by atoms with van der Waals surface area (Å²) in [6, 6.07) is 0. The molecule has 2 rings (SSSR count). The molecule has 0 saturated carbocycles. The lowest BCUT2D eigenvalue weighted by Gasteiger charge is -2.30. The Bertz CT molecular complexity index is 696. The maximum absolute atomic E-state index is 12.4. The van der Waals surface area contributed by atoms with E-state index in [9.17, 15) is 9.59 Å². The number of ketones is 1. The largest absolute Gasteiger partial charge is 0.465 e. The summed E-state index contributed by atoms with van der Waals surface area (Å²) >= 11 is 1.39. The van der Waals surface area contributed by atoms with Crippen LogP contribution in [0.5, 0.6) is 0 Å². The summed E-state index contributed by atoms with van der Waals surface area (Å²) in [5.74, 6) is -0.271. The van der Waals surface area contributed by atoms with Crippen LogP contribution >= 0.6 is 11.8 Å². The van der Waals surface area contributed by atoms with Crippen molar-refractivity contribution in [3.05, 3.63) is 17.0 Å². The summed E-state index contributed by atoms with van der Waals surface area (Å²) in [4.78, 5) is 36.6. The van der Waals surface area contributed by atoms with Crippen LogP contribution < -0.4 is 4.91 Å². The Kier molecular flexibility index (Phi) is 5.99. The lowest BCUT2D eigenvalue weighted by atomic mass is 9.89. The first-order chi connectivity index (χ1) is 11.5. The Morgan fingerprint density at radius 2 is 2.08 bits per heavy atom. The molecule has 1 aromatic heterocycles. The van der Waals surface area contributed by atoms with Gasteiger partial charge in [0, 0.05) is 19.0 Å². The van der Waals surface area contributed by atoms with Crippen molar-refractivity contribution >= 4 is 23.6 Å². The van der Waals surface area contributed by atoms with Gasteiger partial charge in [0.25, 0.3) is 0 Å². The van der Waals surface area contributed by atoms with Gasteiger partial charge in [-0.15, -0.1) is 0 Å². The zero-order chi connectivity index (χ0) is 17.7. The van der Waals surface area contributed by atoms with E-state index >= 15 is 0 Å². The van der Waals surface area contributed by atoms with Gasteiger partial charge in [-0.3, -0.25) is 4.79 Å². The molecule has 10 heteroatoms. The second kappa shape index (κ2) is 7.98. The number of nitrogens with zero attached hydrogens (tertiary/aromatic N) is 5. The first kappa shape index (κ1) is 18.0. The fraction of sp³-hybridized carbons (Fsp3) is 0.571. The molecule has 0 unspecified atom stereocenters. The Hall–Kier alpha value is -2.32. The third-order valence-corrected chi connectivity index (χ3v) is 4.54. The van der Waals surface area contributed by atoms with E-state index in [1.807, 2.05) is 6.26 Å². The molecule has 2 N–H and O–H groups in total. The third-order valence-electron chi connectivity index (χ3n) is 4.00. The van der Waals surface area contributed by atoms with E-state index in [-0.39, 0.29) is 18.2 Å². The molecule has 0 atom stereocenters. The normalized spacial score (nSPS) is 15.0. The number of rotatable bonds is 5. The molecular weight excluding hydrogens is 332 g/mol. The maximum Gasteiger partial charge on any atom is 0.407 e. The van der Waals surface area contributed by atoms with Gasteiger partial charge >= 0.3 is 6.09 Å². The Labute approximate surface area is 143 Å². The van der Waals surface area contributed by atoms with Crippen LogP contribution in [0.2, 0.25) is 0 Å². The van der Waals surface area contributed by atoms with Crippen LogP contribution in [0.1, 0.15) is 40.5 Å². The summed E-state index contributed by atoms with van der Waals surface area (Å²) in [6.45, 7) is 2.37. The van der Waals surface area contributed by atoms with Gasteiger partial charge in [0.15, 0.2) is 17.5 Å². The van der Waals surface area contributed by atoms with Crippen LogP contribution in [0, 0.1) is 12.5 Å². The monoisotopic (exact) mass is 351 g/mol. The standard InChI is InChI=1S/C14H18N6O3S/c1-8-11(10(21)7-16-19-15)12(18-13(17-8)24-2)9-3-5-20(6-4-9)14(22)23/h9,15H,3-7H2,1-2H3/p+1. The van der Waals surface area contributed by atoms with Crippen LogP contribution in [0.3, 0.4) is 0 Å². The Morgan fingerprint density at radius 3 is 2.62 bits per heavy atom. The van der Waals surface area contributed by atoms with Gasteiger partial charge in [-0.05, 0) is 26.0 Å². The summed E-state index contributed by atoms with van der Waals surface area (Å²) in [5.41, 5.74) is 8.36.